The molecule has 3 nitrogen and oxygen atoms in total. The van der Waals surface area contributed by atoms with Crippen molar-refractivity contribution in [3.05, 3.63) is 72.3 Å². The summed E-state index contributed by atoms with van der Waals surface area (Å²) in [6, 6.07) is 21.9. The minimum atomic E-state index is -3.62. The normalized spacial score (nSPS) is 13.9. The van der Waals surface area contributed by atoms with Crippen molar-refractivity contribution >= 4 is 18.4 Å². The molecule has 3 aromatic carbocycles. The summed E-state index contributed by atoms with van der Waals surface area (Å²) in [5.74, 6) is 0. The fourth-order valence-corrected chi connectivity index (χ4v) is 3.41. The quantitative estimate of drug-likeness (QED) is 0.701. The van der Waals surface area contributed by atoms with Crippen LogP contribution in [0.2, 0.25) is 0 Å². The first-order valence-corrected chi connectivity index (χ1v) is 8.80. The van der Waals surface area contributed by atoms with Gasteiger partial charge in [0, 0.05) is 7.11 Å². The molecular weight excluding hydrogens is 295 g/mol. The Labute approximate surface area is 129 Å². The summed E-state index contributed by atoms with van der Waals surface area (Å²) in [6.07, 6.45) is -0.00143. The molecule has 0 heterocycles. The van der Waals surface area contributed by atoms with E-state index >= 15 is 0 Å². The van der Waals surface area contributed by atoms with Crippen molar-refractivity contribution in [2.24, 2.45) is 0 Å². The first-order valence-electron chi connectivity index (χ1n) is 7.04. The highest BCUT2D eigenvalue weighted by molar-refractivity contribution is 7.51. The standard InChI is InChI=1S/C18H17O3P/c1-21-22(19,20)13-17-11-15-9-5-6-10-16(15)12-18(17)14-7-3-2-4-8-14/h2-12H,13H2,1H3,(H,19,20). The maximum absolute atomic E-state index is 12.0. The Morgan fingerprint density at radius 2 is 1.55 bits per heavy atom. The summed E-state index contributed by atoms with van der Waals surface area (Å²) >= 11 is 0. The van der Waals surface area contributed by atoms with E-state index in [1.165, 1.54) is 7.11 Å². The zero-order valence-corrected chi connectivity index (χ0v) is 13.2. The Hall–Kier alpha value is -1.93. The molecular formula is C18H17O3P. The van der Waals surface area contributed by atoms with Crippen LogP contribution in [0.25, 0.3) is 21.9 Å². The molecule has 0 saturated heterocycles. The molecule has 0 aliphatic heterocycles. The molecule has 0 fully saturated rings. The average molecular weight is 312 g/mol. The maximum atomic E-state index is 12.0. The molecule has 1 atom stereocenters. The number of benzene rings is 3. The van der Waals surface area contributed by atoms with Crippen molar-refractivity contribution in [1.82, 2.24) is 0 Å². The van der Waals surface area contributed by atoms with Gasteiger partial charge in [0.05, 0.1) is 6.16 Å². The third-order valence-corrected chi connectivity index (χ3v) is 5.02. The van der Waals surface area contributed by atoms with Crippen LogP contribution in [0.5, 0.6) is 0 Å². The Kier molecular flexibility index (Phi) is 4.12. The minimum absolute atomic E-state index is 0.00143. The monoisotopic (exact) mass is 312 g/mol. The first-order chi connectivity index (χ1) is 10.6. The van der Waals surface area contributed by atoms with Gasteiger partial charge in [0.25, 0.3) is 0 Å². The SMILES string of the molecule is COP(=O)(O)Cc1cc2ccccc2cc1-c1ccccc1. The smallest absolute Gasteiger partial charge is 0.324 e. The van der Waals surface area contributed by atoms with Crippen LogP contribution in [0.4, 0.5) is 0 Å². The van der Waals surface area contributed by atoms with Gasteiger partial charge in [-0.3, -0.25) is 4.57 Å². The molecule has 4 heteroatoms. The first kappa shape index (κ1) is 15.0. The highest BCUT2D eigenvalue weighted by atomic mass is 31.2. The Balaban J connectivity index is 2.21. The van der Waals surface area contributed by atoms with E-state index in [0.717, 1.165) is 27.5 Å². The van der Waals surface area contributed by atoms with E-state index in [4.69, 9.17) is 4.52 Å². The van der Waals surface area contributed by atoms with Crippen molar-refractivity contribution in [1.29, 1.82) is 0 Å². The van der Waals surface area contributed by atoms with E-state index < -0.39 is 7.60 Å². The number of hydrogen-bond acceptors (Lipinski definition) is 2. The lowest BCUT2D eigenvalue weighted by molar-refractivity contribution is 0.314. The van der Waals surface area contributed by atoms with Gasteiger partial charge < -0.3 is 9.42 Å². The second kappa shape index (κ2) is 6.05. The molecule has 3 aromatic rings. The van der Waals surface area contributed by atoms with Gasteiger partial charge >= 0.3 is 7.60 Å². The van der Waals surface area contributed by atoms with Crippen LogP contribution in [-0.4, -0.2) is 12.0 Å². The van der Waals surface area contributed by atoms with E-state index in [9.17, 15) is 9.46 Å². The zero-order valence-electron chi connectivity index (χ0n) is 12.3. The molecule has 0 aliphatic carbocycles. The molecule has 0 amide bonds. The summed E-state index contributed by atoms with van der Waals surface area (Å²) in [5, 5.41) is 2.16. The second-order valence-electron chi connectivity index (χ2n) is 5.20. The molecule has 3 rings (SSSR count). The Morgan fingerprint density at radius 1 is 0.955 bits per heavy atom. The number of hydrogen-bond donors (Lipinski definition) is 1. The van der Waals surface area contributed by atoms with Gasteiger partial charge in [0.2, 0.25) is 0 Å². The van der Waals surface area contributed by atoms with Crippen molar-refractivity contribution in [3.8, 4) is 11.1 Å². The fraction of sp³-hybridized carbons (Fsp3) is 0.111. The van der Waals surface area contributed by atoms with E-state index in [-0.39, 0.29) is 6.16 Å². The van der Waals surface area contributed by atoms with Gasteiger partial charge in [-0.25, -0.2) is 0 Å². The van der Waals surface area contributed by atoms with Crippen LogP contribution in [0, 0.1) is 0 Å². The van der Waals surface area contributed by atoms with Crippen molar-refractivity contribution in [2.45, 2.75) is 6.16 Å². The van der Waals surface area contributed by atoms with E-state index in [1.54, 1.807) is 0 Å². The largest absolute Gasteiger partial charge is 0.332 e. The molecule has 0 bridgehead atoms. The predicted molar refractivity (Wildman–Crippen MR) is 89.9 cm³/mol. The predicted octanol–water partition coefficient (Wildman–Crippen LogP) is 4.84. The summed E-state index contributed by atoms with van der Waals surface area (Å²) in [7, 11) is -2.35. The molecule has 0 radical (unpaired) electrons. The molecule has 22 heavy (non-hydrogen) atoms. The number of fused-ring (bicyclic) bond motifs is 1. The van der Waals surface area contributed by atoms with Crippen LogP contribution in [0.15, 0.2) is 66.7 Å². The van der Waals surface area contributed by atoms with Gasteiger partial charge in [-0.1, -0.05) is 54.6 Å². The molecule has 0 aromatic heterocycles. The molecule has 0 saturated carbocycles. The lowest BCUT2D eigenvalue weighted by Crippen LogP contribution is -1.94. The molecule has 1 unspecified atom stereocenters. The fourth-order valence-electron chi connectivity index (χ4n) is 2.58. The van der Waals surface area contributed by atoms with E-state index in [1.807, 2.05) is 60.7 Å². The molecule has 1 N–H and O–H groups in total. The van der Waals surface area contributed by atoms with Crippen molar-refractivity contribution in [2.75, 3.05) is 7.11 Å². The van der Waals surface area contributed by atoms with Gasteiger partial charge in [-0.15, -0.1) is 0 Å². The lowest BCUT2D eigenvalue weighted by atomic mass is 9.96. The van der Waals surface area contributed by atoms with Gasteiger partial charge in [-0.05, 0) is 39.6 Å². The van der Waals surface area contributed by atoms with Crippen LogP contribution < -0.4 is 0 Å². The van der Waals surface area contributed by atoms with Crippen LogP contribution in [0.3, 0.4) is 0 Å². The summed E-state index contributed by atoms with van der Waals surface area (Å²) in [6.45, 7) is 0. The zero-order chi connectivity index (χ0) is 15.6. The summed E-state index contributed by atoms with van der Waals surface area (Å²) < 4.78 is 16.8. The Bertz CT molecular complexity index is 843. The van der Waals surface area contributed by atoms with Crippen molar-refractivity contribution in [3.63, 3.8) is 0 Å². The van der Waals surface area contributed by atoms with E-state index in [2.05, 4.69) is 6.07 Å². The van der Waals surface area contributed by atoms with E-state index in [0.29, 0.717) is 0 Å². The highest BCUT2D eigenvalue weighted by Crippen LogP contribution is 2.47. The average Bonchev–Trinajstić information content (AvgIpc) is 2.55. The third kappa shape index (κ3) is 3.12. The summed E-state index contributed by atoms with van der Waals surface area (Å²) in [5.41, 5.74) is 2.81. The molecule has 112 valence electrons. The highest BCUT2D eigenvalue weighted by Gasteiger charge is 2.20. The topological polar surface area (TPSA) is 46.5 Å². The maximum Gasteiger partial charge on any atom is 0.332 e. The molecule has 0 spiro atoms. The van der Waals surface area contributed by atoms with Crippen molar-refractivity contribution < 1.29 is 14.0 Å². The number of rotatable bonds is 4. The summed E-state index contributed by atoms with van der Waals surface area (Å²) in [4.78, 5) is 9.85. The van der Waals surface area contributed by atoms with Gasteiger partial charge in [0.1, 0.15) is 0 Å². The van der Waals surface area contributed by atoms with Gasteiger partial charge in [-0.2, -0.15) is 0 Å². The lowest BCUT2D eigenvalue weighted by Gasteiger charge is -2.15. The molecule has 0 aliphatic rings. The van der Waals surface area contributed by atoms with Crippen LogP contribution in [0.1, 0.15) is 5.56 Å². The van der Waals surface area contributed by atoms with Crippen LogP contribution >= 0.6 is 7.60 Å². The minimum Gasteiger partial charge on any atom is -0.324 e. The third-order valence-electron chi connectivity index (χ3n) is 3.71. The van der Waals surface area contributed by atoms with Crippen LogP contribution in [-0.2, 0) is 15.3 Å². The van der Waals surface area contributed by atoms with Gasteiger partial charge in [0.15, 0.2) is 0 Å². The second-order valence-corrected chi connectivity index (χ2v) is 7.16. The Morgan fingerprint density at radius 3 is 2.18 bits per heavy atom.